The van der Waals surface area contributed by atoms with Crippen LogP contribution >= 0.6 is 0 Å². The molecule has 0 unspecified atom stereocenters. The predicted octanol–water partition coefficient (Wildman–Crippen LogP) is 2.54. The van der Waals surface area contributed by atoms with Crippen LogP contribution in [0, 0.1) is 6.92 Å². The van der Waals surface area contributed by atoms with Crippen LogP contribution in [0.1, 0.15) is 44.7 Å². The van der Waals surface area contributed by atoms with Crippen molar-refractivity contribution in [3.63, 3.8) is 0 Å². The van der Waals surface area contributed by atoms with Crippen molar-refractivity contribution in [2.24, 2.45) is 0 Å². The third-order valence-electron chi connectivity index (χ3n) is 4.55. The molecule has 1 fully saturated rings. The van der Waals surface area contributed by atoms with Crippen molar-refractivity contribution in [1.82, 2.24) is 10.6 Å². The van der Waals surface area contributed by atoms with Gasteiger partial charge in [-0.2, -0.15) is 0 Å². The van der Waals surface area contributed by atoms with E-state index in [0.29, 0.717) is 12.1 Å². The molecule has 3 rings (SSSR count). The Kier molecular flexibility index (Phi) is 6.08. The average molecular weight is 368 g/mol. The van der Waals surface area contributed by atoms with Gasteiger partial charge in [-0.15, -0.1) is 0 Å². The molecule has 6 heteroatoms. The minimum atomic E-state index is -0.357. The van der Waals surface area contributed by atoms with E-state index in [0.717, 1.165) is 30.6 Å². The third kappa shape index (κ3) is 5.08. The minimum Gasteiger partial charge on any atom is -0.507 e. The largest absolute Gasteiger partial charge is 0.507 e. The zero-order valence-electron chi connectivity index (χ0n) is 15.3. The number of hydrogen-bond donors (Lipinski definition) is 3. The van der Waals surface area contributed by atoms with E-state index >= 15 is 0 Å². The van der Waals surface area contributed by atoms with E-state index in [9.17, 15) is 14.7 Å². The molecule has 3 N–H and O–H groups in total. The first-order chi connectivity index (χ1) is 13.0. The Morgan fingerprint density at radius 1 is 1.15 bits per heavy atom. The molecule has 2 amide bonds. The molecular weight excluding hydrogens is 344 g/mol. The van der Waals surface area contributed by atoms with E-state index in [2.05, 4.69) is 10.6 Å². The van der Waals surface area contributed by atoms with Gasteiger partial charge in [-0.25, -0.2) is 0 Å². The predicted molar refractivity (Wildman–Crippen MR) is 102 cm³/mol. The Labute approximate surface area is 158 Å². The Balaban J connectivity index is 1.57. The summed E-state index contributed by atoms with van der Waals surface area (Å²) in [5, 5.41) is 15.5. The highest BCUT2D eigenvalue weighted by molar-refractivity contribution is 5.97. The maximum Gasteiger partial charge on any atom is 0.255 e. The molecule has 0 spiro atoms. The fraction of sp³-hybridized carbons (Fsp3) is 0.333. The van der Waals surface area contributed by atoms with E-state index in [-0.39, 0.29) is 35.8 Å². The number of nitrogens with one attached hydrogen (secondary N) is 2. The van der Waals surface area contributed by atoms with Crippen LogP contribution in [0.15, 0.2) is 42.5 Å². The number of rotatable bonds is 6. The van der Waals surface area contributed by atoms with Crippen LogP contribution in [-0.4, -0.2) is 36.2 Å². The normalized spacial score (nSPS) is 16.1. The first-order valence-electron chi connectivity index (χ1n) is 9.09. The summed E-state index contributed by atoms with van der Waals surface area (Å²) in [7, 11) is 0. The topological polar surface area (TPSA) is 87.7 Å². The molecule has 1 saturated heterocycles. The summed E-state index contributed by atoms with van der Waals surface area (Å²) in [6.07, 6.45) is 2.10. The van der Waals surface area contributed by atoms with Crippen LogP contribution in [-0.2, 0) is 11.3 Å². The van der Waals surface area contributed by atoms with E-state index in [1.54, 1.807) is 30.3 Å². The maximum atomic E-state index is 12.3. The quantitative estimate of drug-likeness (QED) is 0.731. The Hall–Kier alpha value is -2.86. The molecule has 27 heavy (non-hydrogen) atoms. The second-order valence-corrected chi connectivity index (χ2v) is 6.75. The number of hydrogen-bond acceptors (Lipinski definition) is 4. The van der Waals surface area contributed by atoms with Gasteiger partial charge in [0.2, 0.25) is 0 Å². The number of ether oxygens (including phenoxy) is 1. The number of carbonyl (C=O) groups is 2. The molecule has 1 heterocycles. The minimum absolute atomic E-state index is 0.0552. The summed E-state index contributed by atoms with van der Waals surface area (Å²) < 4.78 is 5.51. The van der Waals surface area contributed by atoms with Crippen molar-refractivity contribution in [2.75, 3.05) is 13.2 Å². The standard InChI is InChI=1S/C21H24N2O4/c1-14-7-8-19(24)18(10-14)21(26)22-12-15-4-2-5-16(11-15)20(25)23-13-17-6-3-9-27-17/h2,4-5,7-8,10-11,17,24H,3,6,9,12-13H2,1H3,(H,22,26)(H,23,25)/t17-/m0/s1. The molecule has 0 radical (unpaired) electrons. The van der Waals surface area contributed by atoms with E-state index in [1.165, 1.54) is 6.07 Å². The number of aryl methyl sites for hydroxylation is 1. The van der Waals surface area contributed by atoms with E-state index in [1.807, 2.05) is 13.0 Å². The van der Waals surface area contributed by atoms with Gasteiger partial charge >= 0.3 is 0 Å². The number of phenolic OH excluding ortho intramolecular Hbond substituents is 1. The molecule has 1 aliphatic heterocycles. The van der Waals surface area contributed by atoms with Gasteiger partial charge in [0, 0.05) is 25.3 Å². The molecule has 0 saturated carbocycles. The molecule has 0 bridgehead atoms. The van der Waals surface area contributed by atoms with Crippen LogP contribution in [0.2, 0.25) is 0 Å². The Morgan fingerprint density at radius 3 is 2.78 bits per heavy atom. The van der Waals surface area contributed by atoms with Gasteiger partial charge in [0.1, 0.15) is 5.75 Å². The van der Waals surface area contributed by atoms with Gasteiger partial charge in [0.25, 0.3) is 11.8 Å². The first-order valence-corrected chi connectivity index (χ1v) is 9.09. The van der Waals surface area contributed by atoms with Crippen molar-refractivity contribution in [1.29, 1.82) is 0 Å². The van der Waals surface area contributed by atoms with Gasteiger partial charge in [-0.3, -0.25) is 9.59 Å². The molecule has 142 valence electrons. The zero-order chi connectivity index (χ0) is 19.2. The number of amides is 2. The smallest absolute Gasteiger partial charge is 0.255 e. The fourth-order valence-electron chi connectivity index (χ4n) is 3.05. The molecule has 6 nitrogen and oxygen atoms in total. The summed E-state index contributed by atoms with van der Waals surface area (Å²) >= 11 is 0. The molecule has 0 aromatic heterocycles. The number of benzene rings is 2. The highest BCUT2D eigenvalue weighted by Gasteiger charge is 2.17. The van der Waals surface area contributed by atoms with Crippen molar-refractivity contribution >= 4 is 11.8 Å². The second kappa shape index (κ2) is 8.68. The van der Waals surface area contributed by atoms with Gasteiger partial charge in [0.15, 0.2) is 0 Å². The van der Waals surface area contributed by atoms with Gasteiger partial charge in [-0.05, 0) is 49.6 Å². The first kappa shape index (κ1) is 18.9. The molecule has 1 aliphatic rings. The van der Waals surface area contributed by atoms with E-state index < -0.39 is 0 Å². The van der Waals surface area contributed by atoms with Gasteiger partial charge < -0.3 is 20.5 Å². The number of aromatic hydroxyl groups is 1. The maximum absolute atomic E-state index is 12.3. The van der Waals surface area contributed by atoms with Crippen LogP contribution in [0.5, 0.6) is 5.75 Å². The van der Waals surface area contributed by atoms with Crippen molar-refractivity contribution < 1.29 is 19.4 Å². The van der Waals surface area contributed by atoms with Crippen molar-refractivity contribution in [3.05, 3.63) is 64.7 Å². The van der Waals surface area contributed by atoms with Crippen LogP contribution in [0.25, 0.3) is 0 Å². The van der Waals surface area contributed by atoms with Crippen molar-refractivity contribution in [2.45, 2.75) is 32.4 Å². The monoisotopic (exact) mass is 368 g/mol. The highest BCUT2D eigenvalue weighted by Crippen LogP contribution is 2.18. The van der Waals surface area contributed by atoms with Crippen LogP contribution in [0.3, 0.4) is 0 Å². The van der Waals surface area contributed by atoms with Crippen LogP contribution < -0.4 is 10.6 Å². The third-order valence-corrected chi connectivity index (χ3v) is 4.55. The number of carbonyl (C=O) groups excluding carboxylic acids is 2. The SMILES string of the molecule is Cc1ccc(O)c(C(=O)NCc2cccc(C(=O)NC[C@@H]3CCCO3)c2)c1. The molecule has 2 aromatic rings. The van der Waals surface area contributed by atoms with Crippen LogP contribution in [0.4, 0.5) is 0 Å². The van der Waals surface area contributed by atoms with E-state index in [4.69, 9.17) is 4.74 Å². The summed E-state index contributed by atoms with van der Waals surface area (Å²) in [5.41, 5.74) is 2.47. The Morgan fingerprint density at radius 2 is 2.00 bits per heavy atom. The average Bonchev–Trinajstić information content (AvgIpc) is 3.20. The lowest BCUT2D eigenvalue weighted by atomic mass is 10.1. The van der Waals surface area contributed by atoms with Gasteiger partial charge in [-0.1, -0.05) is 23.8 Å². The highest BCUT2D eigenvalue weighted by atomic mass is 16.5. The lowest BCUT2D eigenvalue weighted by Gasteiger charge is -2.12. The lowest BCUT2D eigenvalue weighted by Crippen LogP contribution is -2.31. The summed E-state index contributed by atoms with van der Waals surface area (Å²) in [4.78, 5) is 24.6. The van der Waals surface area contributed by atoms with Gasteiger partial charge in [0.05, 0.1) is 11.7 Å². The lowest BCUT2D eigenvalue weighted by molar-refractivity contribution is 0.0857. The summed E-state index contributed by atoms with van der Waals surface area (Å²) in [5.74, 6) is -0.570. The fourth-order valence-corrected chi connectivity index (χ4v) is 3.05. The molecule has 0 aliphatic carbocycles. The molecular formula is C21H24N2O4. The second-order valence-electron chi connectivity index (χ2n) is 6.75. The summed E-state index contributed by atoms with van der Waals surface area (Å²) in [6.45, 7) is 3.38. The van der Waals surface area contributed by atoms with Crippen molar-refractivity contribution in [3.8, 4) is 5.75 Å². The zero-order valence-corrected chi connectivity index (χ0v) is 15.3. The summed E-state index contributed by atoms with van der Waals surface area (Å²) in [6, 6.07) is 12.0. The molecule has 2 aromatic carbocycles. The molecule has 1 atom stereocenters. The number of phenols is 1. The Bertz CT molecular complexity index is 829.